The van der Waals surface area contributed by atoms with Crippen LogP contribution in [0.15, 0.2) is 58.4 Å². The van der Waals surface area contributed by atoms with Gasteiger partial charge in [-0.1, -0.05) is 31.2 Å². The molecule has 0 radical (unpaired) electrons. The maximum Gasteiger partial charge on any atom is 0.282 e. The van der Waals surface area contributed by atoms with Gasteiger partial charge in [0.25, 0.3) is 5.56 Å². The normalized spacial score (nSPS) is 11.3. The predicted octanol–water partition coefficient (Wildman–Crippen LogP) is 3.30. The van der Waals surface area contributed by atoms with Crippen LogP contribution in [-0.2, 0) is 6.42 Å². The molecule has 0 aliphatic carbocycles. The summed E-state index contributed by atoms with van der Waals surface area (Å²) in [5.74, 6) is 0.687. The average Bonchev–Trinajstić information content (AvgIpc) is 2.62. The molecule has 0 saturated carbocycles. The van der Waals surface area contributed by atoms with Crippen LogP contribution in [0.2, 0.25) is 0 Å². The van der Waals surface area contributed by atoms with E-state index in [1.54, 1.807) is 12.3 Å². The standard InChI is InChI=1S/C20H22N4O/c1-4-7-19-22-18-9-6-5-8-17(18)20(25)24(19)21-14-15-10-12-16(13-11-15)23(2)3/h5-6,8-14H,4,7H2,1-3H3. The topological polar surface area (TPSA) is 50.5 Å². The number of aromatic nitrogens is 2. The third kappa shape index (κ3) is 3.60. The lowest BCUT2D eigenvalue weighted by molar-refractivity contribution is 0.704. The summed E-state index contributed by atoms with van der Waals surface area (Å²) >= 11 is 0. The Kier molecular flexibility index (Phi) is 4.93. The molecule has 128 valence electrons. The number of anilines is 1. The lowest BCUT2D eigenvalue weighted by atomic mass is 10.2. The van der Waals surface area contributed by atoms with Crippen molar-refractivity contribution in [2.24, 2.45) is 5.10 Å². The molecule has 0 spiro atoms. The van der Waals surface area contributed by atoms with Crippen molar-refractivity contribution in [2.75, 3.05) is 19.0 Å². The first-order valence-corrected chi connectivity index (χ1v) is 8.42. The van der Waals surface area contributed by atoms with E-state index in [0.717, 1.165) is 23.2 Å². The van der Waals surface area contributed by atoms with Crippen LogP contribution >= 0.6 is 0 Å². The first-order valence-electron chi connectivity index (χ1n) is 8.42. The van der Waals surface area contributed by atoms with Crippen molar-refractivity contribution in [3.05, 3.63) is 70.3 Å². The lowest BCUT2D eigenvalue weighted by Crippen LogP contribution is -2.22. The minimum Gasteiger partial charge on any atom is -0.378 e. The van der Waals surface area contributed by atoms with Gasteiger partial charge in [0, 0.05) is 26.2 Å². The van der Waals surface area contributed by atoms with Gasteiger partial charge in [-0.05, 0) is 36.2 Å². The van der Waals surface area contributed by atoms with Crippen molar-refractivity contribution in [1.82, 2.24) is 9.66 Å². The maximum atomic E-state index is 12.8. The number of nitrogens with zero attached hydrogens (tertiary/aromatic N) is 4. The quantitative estimate of drug-likeness (QED) is 0.673. The van der Waals surface area contributed by atoms with Crippen LogP contribution < -0.4 is 10.5 Å². The van der Waals surface area contributed by atoms with Gasteiger partial charge in [0.1, 0.15) is 5.82 Å². The number of benzene rings is 2. The van der Waals surface area contributed by atoms with E-state index in [9.17, 15) is 4.79 Å². The van der Waals surface area contributed by atoms with Crippen LogP contribution in [0.25, 0.3) is 10.9 Å². The van der Waals surface area contributed by atoms with E-state index in [4.69, 9.17) is 0 Å². The van der Waals surface area contributed by atoms with Crippen LogP contribution in [0, 0.1) is 0 Å². The molecule has 1 heterocycles. The van der Waals surface area contributed by atoms with Gasteiger partial charge in [-0.2, -0.15) is 9.78 Å². The molecule has 2 aromatic carbocycles. The zero-order chi connectivity index (χ0) is 17.8. The highest BCUT2D eigenvalue weighted by Gasteiger charge is 2.09. The van der Waals surface area contributed by atoms with Crippen LogP contribution in [0.3, 0.4) is 0 Å². The largest absolute Gasteiger partial charge is 0.378 e. The predicted molar refractivity (Wildman–Crippen MR) is 104 cm³/mol. The number of hydrogen-bond acceptors (Lipinski definition) is 4. The second kappa shape index (κ2) is 7.30. The molecule has 5 nitrogen and oxygen atoms in total. The number of hydrogen-bond donors (Lipinski definition) is 0. The van der Waals surface area contributed by atoms with Gasteiger partial charge in [-0.15, -0.1) is 0 Å². The summed E-state index contributed by atoms with van der Waals surface area (Å²) in [7, 11) is 4.00. The van der Waals surface area contributed by atoms with Gasteiger partial charge in [0.15, 0.2) is 0 Å². The molecular formula is C20H22N4O. The number of para-hydroxylation sites is 1. The lowest BCUT2D eigenvalue weighted by Gasteiger charge is -2.11. The van der Waals surface area contributed by atoms with E-state index in [-0.39, 0.29) is 5.56 Å². The first kappa shape index (κ1) is 16.9. The summed E-state index contributed by atoms with van der Waals surface area (Å²) in [4.78, 5) is 19.4. The minimum atomic E-state index is -0.129. The van der Waals surface area contributed by atoms with Crippen LogP contribution in [0.1, 0.15) is 24.7 Å². The van der Waals surface area contributed by atoms with Crippen LogP contribution in [-0.4, -0.2) is 30.0 Å². The SMILES string of the molecule is CCCc1nc2ccccc2c(=O)n1N=Cc1ccc(N(C)C)cc1. The molecule has 0 saturated heterocycles. The molecule has 25 heavy (non-hydrogen) atoms. The summed E-state index contributed by atoms with van der Waals surface area (Å²) in [6, 6.07) is 15.4. The van der Waals surface area contributed by atoms with E-state index >= 15 is 0 Å². The van der Waals surface area contributed by atoms with Crippen molar-refractivity contribution in [1.29, 1.82) is 0 Å². The van der Waals surface area contributed by atoms with Gasteiger partial charge >= 0.3 is 0 Å². The molecule has 5 heteroatoms. The zero-order valence-corrected chi connectivity index (χ0v) is 14.8. The second-order valence-corrected chi connectivity index (χ2v) is 6.14. The molecular weight excluding hydrogens is 312 g/mol. The van der Waals surface area contributed by atoms with E-state index in [2.05, 4.69) is 17.0 Å². The molecule has 0 aliphatic rings. The van der Waals surface area contributed by atoms with E-state index < -0.39 is 0 Å². The molecule has 0 N–H and O–H groups in total. The Morgan fingerprint density at radius 3 is 2.52 bits per heavy atom. The average molecular weight is 334 g/mol. The Bertz CT molecular complexity index is 956. The molecule has 0 amide bonds. The van der Waals surface area contributed by atoms with Gasteiger partial charge < -0.3 is 4.90 Å². The highest BCUT2D eigenvalue weighted by molar-refractivity contribution is 5.81. The van der Waals surface area contributed by atoms with Gasteiger partial charge in [-0.3, -0.25) is 4.79 Å². The Morgan fingerprint density at radius 1 is 1.12 bits per heavy atom. The highest BCUT2D eigenvalue weighted by Crippen LogP contribution is 2.12. The number of fused-ring (bicyclic) bond motifs is 1. The Balaban J connectivity index is 2.03. The van der Waals surface area contributed by atoms with Crippen LogP contribution in [0.5, 0.6) is 0 Å². The molecule has 0 fully saturated rings. The van der Waals surface area contributed by atoms with E-state index in [0.29, 0.717) is 17.6 Å². The summed E-state index contributed by atoms with van der Waals surface area (Å²) in [6.07, 6.45) is 3.31. The molecule has 0 atom stereocenters. The van der Waals surface area contributed by atoms with Crippen molar-refractivity contribution < 1.29 is 0 Å². The van der Waals surface area contributed by atoms with Crippen molar-refractivity contribution in [3.8, 4) is 0 Å². The molecule has 0 aliphatic heterocycles. The van der Waals surface area contributed by atoms with Crippen molar-refractivity contribution in [3.63, 3.8) is 0 Å². The van der Waals surface area contributed by atoms with Gasteiger partial charge in [0.2, 0.25) is 0 Å². The fourth-order valence-corrected chi connectivity index (χ4v) is 2.66. The molecule has 0 bridgehead atoms. The molecule has 0 unspecified atom stereocenters. The van der Waals surface area contributed by atoms with Crippen molar-refractivity contribution >= 4 is 22.8 Å². The molecule has 1 aromatic heterocycles. The van der Waals surface area contributed by atoms with Crippen molar-refractivity contribution in [2.45, 2.75) is 19.8 Å². The van der Waals surface area contributed by atoms with Gasteiger partial charge in [0.05, 0.1) is 17.1 Å². The maximum absolute atomic E-state index is 12.8. The van der Waals surface area contributed by atoms with Gasteiger partial charge in [-0.25, -0.2) is 4.98 Å². The summed E-state index contributed by atoms with van der Waals surface area (Å²) in [6.45, 7) is 2.06. The second-order valence-electron chi connectivity index (χ2n) is 6.14. The third-order valence-corrected chi connectivity index (χ3v) is 4.03. The number of rotatable bonds is 5. The Morgan fingerprint density at radius 2 is 1.84 bits per heavy atom. The Labute approximate surface area is 147 Å². The highest BCUT2D eigenvalue weighted by atomic mass is 16.1. The number of aryl methyl sites for hydroxylation is 1. The monoisotopic (exact) mass is 334 g/mol. The molecule has 3 rings (SSSR count). The zero-order valence-electron chi connectivity index (χ0n) is 14.8. The minimum absolute atomic E-state index is 0.129. The summed E-state index contributed by atoms with van der Waals surface area (Å²) in [5, 5.41) is 5.01. The smallest absolute Gasteiger partial charge is 0.282 e. The fourth-order valence-electron chi connectivity index (χ4n) is 2.66. The third-order valence-electron chi connectivity index (χ3n) is 4.03. The fraction of sp³-hybridized carbons (Fsp3) is 0.250. The van der Waals surface area contributed by atoms with E-state index in [1.807, 2.05) is 61.5 Å². The first-order chi connectivity index (χ1) is 12.1. The van der Waals surface area contributed by atoms with Crippen LogP contribution in [0.4, 0.5) is 5.69 Å². The summed E-state index contributed by atoms with van der Waals surface area (Å²) in [5.41, 5.74) is 2.65. The summed E-state index contributed by atoms with van der Waals surface area (Å²) < 4.78 is 1.42. The molecule has 3 aromatic rings. The Hall–Kier alpha value is -2.95. The van der Waals surface area contributed by atoms with E-state index in [1.165, 1.54) is 4.68 Å².